The van der Waals surface area contributed by atoms with Crippen LogP contribution < -0.4 is 21.1 Å². The highest BCUT2D eigenvalue weighted by molar-refractivity contribution is 6.32. The molecule has 5 nitrogen and oxygen atoms in total. The summed E-state index contributed by atoms with van der Waals surface area (Å²) in [4.78, 5) is 11.7. The Labute approximate surface area is 134 Å². The number of carbonyl (C=O) groups is 1. The molecule has 6 heteroatoms. The summed E-state index contributed by atoms with van der Waals surface area (Å²) >= 11 is 6.09. The summed E-state index contributed by atoms with van der Waals surface area (Å²) in [5, 5.41) is 6.02. The second-order valence-corrected chi connectivity index (χ2v) is 5.29. The zero-order chi connectivity index (χ0) is 16.1. The van der Waals surface area contributed by atoms with Crippen LogP contribution in [0.3, 0.4) is 0 Å². The van der Waals surface area contributed by atoms with Gasteiger partial charge in [0.25, 0.3) is 0 Å². The number of carbonyl (C=O) groups excluding carboxylic acids is 1. The van der Waals surface area contributed by atoms with Gasteiger partial charge in [-0.05, 0) is 61.4 Å². The molecule has 2 aromatic carbocycles. The van der Waals surface area contributed by atoms with Gasteiger partial charge in [-0.15, -0.1) is 0 Å². The predicted octanol–water partition coefficient (Wildman–Crippen LogP) is 3.70. The number of aryl methyl sites for hydroxylation is 2. The molecule has 2 amide bonds. The second-order valence-electron chi connectivity index (χ2n) is 4.91. The van der Waals surface area contributed by atoms with Gasteiger partial charge in [0.1, 0.15) is 5.75 Å². The second kappa shape index (κ2) is 7.04. The quantitative estimate of drug-likeness (QED) is 0.594. The molecule has 0 bridgehead atoms. The molecule has 0 aliphatic carbocycles. The minimum Gasteiger partial charge on any atom is -0.473 e. The van der Waals surface area contributed by atoms with Crippen LogP contribution in [-0.2, 0) is 0 Å². The number of hydrogen-bond acceptors (Lipinski definition) is 3. The minimum absolute atomic E-state index is 0.0569. The zero-order valence-corrected chi connectivity index (χ0v) is 13.2. The van der Waals surface area contributed by atoms with Crippen molar-refractivity contribution in [3.05, 3.63) is 52.5 Å². The highest BCUT2D eigenvalue weighted by Crippen LogP contribution is 2.25. The van der Waals surface area contributed by atoms with E-state index in [2.05, 4.69) is 10.6 Å². The van der Waals surface area contributed by atoms with E-state index in [1.54, 1.807) is 24.3 Å². The van der Waals surface area contributed by atoms with Crippen LogP contribution in [0.15, 0.2) is 36.4 Å². The topological polar surface area (TPSA) is 76.4 Å². The number of nitrogens with one attached hydrogen (secondary N) is 2. The van der Waals surface area contributed by atoms with Crippen molar-refractivity contribution in [2.45, 2.75) is 13.8 Å². The lowest BCUT2D eigenvalue weighted by atomic mass is 10.1. The highest BCUT2D eigenvalue weighted by Gasteiger charge is 2.05. The molecule has 4 N–H and O–H groups in total. The fraction of sp³-hybridized carbons (Fsp3) is 0.188. The van der Waals surface area contributed by atoms with Crippen LogP contribution in [-0.4, -0.2) is 12.8 Å². The summed E-state index contributed by atoms with van der Waals surface area (Å²) < 4.78 is 5.50. The fourth-order valence-electron chi connectivity index (χ4n) is 1.92. The third-order valence-electron chi connectivity index (χ3n) is 3.05. The number of urea groups is 1. The summed E-state index contributed by atoms with van der Waals surface area (Å²) in [6.07, 6.45) is 0. The van der Waals surface area contributed by atoms with Gasteiger partial charge in [-0.1, -0.05) is 11.6 Å². The molecular formula is C16H18ClN3O2. The molecule has 2 rings (SSSR count). The normalized spacial score (nSPS) is 10.1. The Morgan fingerprint density at radius 2 is 1.77 bits per heavy atom. The van der Waals surface area contributed by atoms with Gasteiger partial charge in [-0.3, -0.25) is 0 Å². The van der Waals surface area contributed by atoms with Crippen LogP contribution in [0.25, 0.3) is 0 Å². The lowest BCUT2D eigenvalue weighted by molar-refractivity contribution is 0.234. The molecule has 0 spiro atoms. The van der Waals surface area contributed by atoms with Gasteiger partial charge in [-0.25, -0.2) is 4.79 Å². The lowest BCUT2D eigenvalue weighted by Crippen LogP contribution is -2.32. The zero-order valence-electron chi connectivity index (χ0n) is 12.4. The van der Waals surface area contributed by atoms with Gasteiger partial charge < -0.3 is 21.1 Å². The molecule has 22 heavy (non-hydrogen) atoms. The Morgan fingerprint density at radius 3 is 2.36 bits per heavy atom. The number of halogens is 1. The molecule has 0 saturated carbocycles. The number of nitrogen functional groups attached to an aromatic ring is 1. The molecule has 0 aromatic heterocycles. The summed E-state index contributed by atoms with van der Waals surface area (Å²) in [5.74, 6) is 0.659. The number of anilines is 2. The Balaban J connectivity index is 1.83. The molecule has 0 fully saturated rings. The van der Waals surface area contributed by atoms with Crippen LogP contribution in [0.2, 0.25) is 5.02 Å². The molecule has 0 saturated heterocycles. The third-order valence-corrected chi connectivity index (χ3v) is 3.65. The monoisotopic (exact) mass is 319 g/mol. The minimum atomic E-state index is -0.354. The van der Waals surface area contributed by atoms with E-state index >= 15 is 0 Å². The largest absolute Gasteiger partial charge is 0.473 e. The first-order valence-electron chi connectivity index (χ1n) is 6.75. The van der Waals surface area contributed by atoms with Gasteiger partial charge in [0, 0.05) is 16.4 Å². The van der Waals surface area contributed by atoms with E-state index in [-0.39, 0.29) is 12.8 Å². The lowest BCUT2D eigenvalue weighted by Gasteiger charge is -2.11. The number of ether oxygens (including phenoxy) is 1. The van der Waals surface area contributed by atoms with Crippen molar-refractivity contribution in [3.63, 3.8) is 0 Å². The van der Waals surface area contributed by atoms with E-state index in [9.17, 15) is 4.79 Å². The van der Waals surface area contributed by atoms with Crippen molar-refractivity contribution in [2.75, 3.05) is 17.8 Å². The van der Waals surface area contributed by atoms with Crippen LogP contribution in [0.4, 0.5) is 16.2 Å². The third kappa shape index (κ3) is 4.30. The average Bonchev–Trinajstić information content (AvgIpc) is 2.47. The molecule has 0 radical (unpaired) electrons. The Morgan fingerprint density at radius 1 is 1.18 bits per heavy atom. The van der Waals surface area contributed by atoms with Gasteiger partial charge in [0.15, 0.2) is 6.73 Å². The maximum Gasteiger partial charge on any atom is 0.321 e. The molecule has 0 heterocycles. The van der Waals surface area contributed by atoms with E-state index in [0.717, 1.165) is 16.1 Å². The average molecular weight is 320 g/mol. The van der Waals surface area contributed by atoms with Crippen molar-refractivity contribution in [2.24, 2.45) is 0 Å². The van der Waals surface area contributed by atoms with Crippen molar-refractivity contribution >= 4 is 29.0 Å². The van der Waals surface area contributed by atoms with Crippen molar-refractivity contribution < 1.29 is 9.53 Å². The summed E-state index contributed by atoms with van der Waals surface area (Å²) in [5.41, 5.74) is 8.74. The molecule has 0 unspecified atom stereocenters. The Kier molecular flexibility index (Phi) is 5.12. The first kappa shape index (κ1) is 16.0. The summed E-state index contributed by atoms with van der Waals surface area (Å²) in [6, 6.07) is 10.2. The standard InChI is InChI=1S/C16H18ClN3O2/c1-10-7-14(8-11(2)15(10)17)22-9-19-16(21)20-13-5-3-12(18)4-6-13/h3-8H,9,18H2,1-2H3,(H2,19,20,21). The molecule has 0 aliphatic heterocycles. The number of amides is 2. The van der Waals surface area contributed by atoms with Crippen molar-refractivity contribution in [1.29, 1.82) is 0 Å². The molecule has 0 atom stereocenters. The number of hydrogen-bond donors (Lipinski definition) is 3. The SMILES string of the molecule is Cc1cc(OCNC(=O)Nc2ccc(N)cc2)cc(C)c1Cl. The van der Waals surface area contributed by atoms with E-state index < -0.39 is 0 Å². The van der Waals surface area contributed by atoms with E-state index in [1.807, 2.05) is 26.0 Å². The molecule has 2 aromatic rings. The Hall–Kier alpha value is -2.40. The van der Waals surface area contributed by atoms with Gasteiger partial charge in [-0.2, -0.15) is 0 Å². The smallest absolute Gasteiger partial charge is 0.321 e. The van der Waals surface area contributed by atoms with Crippen LogP contribution in [0, 0.1) is 13.8 Å². The summed E-state index contributed by atoms with van der Waals surface area (Å²) in [6.45, 7) is 3.87. The van der Waals surface area contributed by atoms with Crippen molar-refractivity contribution in [1.82, 2.24) is 5.32 Å². The first-order valence-corrected chi connectivity index (χ1v) is 7.13. The molecular weight excluding hydrogens is 302 g/mol. The molecule has 116 valence electrons. The van der Waals surface area contributed by atoms with E-state index in [4.69, 9.17) is 22.1 Å². The van der Waals surface area contributed by atoms with Crippen LogP contribution in [0.5, 0.6) is 5.75 Å². The maximum absolute atomic E-state index is 11.7. The highest BCUT2D eigenvalue weighted by atomic mass is 35.5. The fourth-order valence-corrected chi connectivity index (χ4v) is 2.03. The van der Waals surface area contributed by atoms with Crippen molar-refractivity contribution in [3.8, 4) is 5.75 Å². The summed E-state index contributed by atoms with van der Waals surface area (Å²) in [7, 11) is 0. The van der Waals surface area contributed by atoms with Gasteiger partial charge in [0.05, 0.1) is 0 Å². The van der Waals surface area contributed by atoms with Crippen LogP contribution >= 0.6 is 11.6 Å². The Bertz CT molecular complexity index is 649. The maximum atomic E-state index is 11.7. The van der Waals surface area contributed by atoms with E-state index in [1.165, 1.54) is 0 Å². The predicted molar refractivity (Wildman–Crippen MR) is 89.4 cm³/mol. The van der Waals surface area contributed by atoms with Gasteiger partial charge in [0.2, 0.25) is 0 Å². The number of benzene rings is 2. The number of rotatable bonds is 4. The molecule has 0 aliphatic rings. The first-order chi connectivity index (χ1) is 10.5. The van der Waals surface area contributed by atoms with E-state index in [0.29, 0.717) is 17.1 Å². The number of nitrogens with two attached hydrogens (primary N) is 1. The van der Waals surface area contributed by atoms with Crippen LogP contribution in [0.1, 0.15) is 11.1 Å². The van der Waals surface area contributed by atoms with Gasteiger partial charge >= 0.3 is 6.03 Å².